The Morgan fingerprint density at radius 3 is 2.75 bits per heavy atom. The van der Waals surface area contributed by atoms with Gasteiger partial charge in [0, 0.05) is 10.0 Å². The van der Waals surface area contributed by atoms with Crippen molar-refractivity contribution < 1.29 is 13.9 Å². The lowest BCUT2D eigenvalue weighted by Gasteiger charge is -2.09. The molecule has 0 bridgehead atoms. The van der Waals surface area contributed by atoms with E-state index in [1.807, 2.05) is 6.07 Å². The van der Waals surface area contributed by atoms with Crippen LogP contribution in [0.15, 0.2) is 40.9 Å². The first-order valence-corrected chi connectivity index (χ1v) is 6.49. The SMILES string of the molecule is N#Cc1ccc(COc2ccc(Br)cc2C=O)c(F)c1. The number of ether oxygens (including phenoxy) is 1. The Morgan fingerprint density at radius 2 is 2.10 bits per heavy atom. The molecule has 0 spiro atoms. The van der Waals surface area contributed by atoms with Crippen LogP contribution in [0.4, 0.5) is 4.39 Å². The summed E-state index contributed by atoms with van der Waals surface area (Å²) in [5, 5.41) is 8.66. The summed E-state index contributed by atoms with van der Waals surface area (Å²) < 4.78 is 19.9. The topological polar surface area (TPSA) is 50.1 Å². The fourth-order valence-corrected chi connectivity index (χ4v) is 2.01. The summed E-state index contributed by atoms with van der Waals surface area (Å²) in [5.41, 5.74) is 0.959. The van der Waals surface area contributed by atoms with Gasteiger partial charge in [0.25, 0.3) is 0 Å². The van der Waals surface area contributed by atoms with E-state index in [4.69, 9.17) is 10.00 Å². The minimum absolute atomic E-state index is 0.0139. The Labute approximate surface area is 123 Å². The van der Waals surface area contributed by atoms with Crippen molar-refractivity contribution in [2.45, 2.75) is 6.61 Å². The maximum absolute atomic E-state index is 13.7. The molecule has 0 aliphatic rings. The maximum Gasteiger partial charge on any atom is 0.153 e. The van der Waals surface area contributed by atoms with Crippen LogP contribution in [0.25, 0.3) is 0 Å². The van der Waals surface area contributed by atoms with Gasteiger partial charge in [-0.2, -0.15) is 5.26 Å². The fourth-order valence-electron chi connectivity index (χ4n) is 1.63. The highest BCUT2D eigenvalue weighted by molar-refractivity contribution is 9.10. The van der Waals surface area contributed by atoms with Crippen molar-refractivity contribution in [1.29, 1.82) is 5.26 Å². The summed E-state index contributed by atoms with van der Waals surface area (Å²) in [6, 6.07) is 11.0. The van der Waals surface area contributed by atoms with Crippen LogP contribution in [-0.4, -0.2) is 6.29 Å². The smallest absolute Gasteiger partial charge is 0.153 e. The van der Waals surface area contributed by atoms with Gasteiger partial charge in [0.05, 0.1) is 17.2 Å². The van der Waals surface area contributed by atoms with Crippen LogP contribution in [0.1, 0.15) is 21.5 Å². The van der Waals surface area contributed by atoms with Crippen LogP contribution >= 0.6 is 15.9 Å². The molecule has 2 rings (SSSR count). The average Bonchev–Trinajstić information content (AvgIpc) is 2.46. The Morgan fingerprint density at radius 1 is 1.30 bits per heavy atom. The molecule has 0 saturated carbocycles. The molecule has 2 aromatic rings. The van der Waals surface area contributed by atoms with Crippen molar-refractivity contribution in [2.24, 2.45) is 0 Å². The zero-order valence-corrected chi connectivity index (χ0v) is 11.9. The number of carbonyl (C=O) groups is 1. The molecule has 20 heavy (non-hydrogen) atoms. The van der Waals surface area contributed by atoms with Gasteiger partial charge < -0.3 is 4.74 Å². The largest absolute Gasteiger partial charge is 0.488 e. The third-order valence-corrected chi connectivity index (χ3v) is 3.16. The van der Waals surface area contributed by atoms with Crippen molar-refractivity contribution in [3.05, 3.63) is 63.4 Å². The molecular weight excluding hydrogens is 325 g/mol. The minimum Gasteiger partial charge on any atom is -0.488 e. The minimum atomic E-state index is -0.506. The molecule has 3 nitrogen and oxygen atoms in total. The van der Waals surface area contributed by atoms with E-state index in [2.05, 4.69) is 15.9 Å². The zero-order valence-electron chi connectivity index (χ0n) is 10.3. The summed E-state index contributed by atoms with van der Waals surface area (Å²) in [6.07, 6.45) is 0.676. The van der Waals surface area contributed by atoms with Crippen LogP contribution in [-0.2, 0) is 6.61 Å². The number of halogens is 2. The zero-order chi connectivity index (χ0) is 14.5. The fraction of sp³-hybridized carbons (Fsp3) is 0.0667. The molecule has 0 aromatic heterocycles. The Kier molecular flexibility index (Phi) is 4.49. The highest BCUT2D eigenvalue weighted by Crippen LogP contribution is 2.23. The van der Waals surface area contributed by atoms with Crippen molar-refractivity contribution in [3.8, 4) is 11.8 Å². The van der Waals surface area contributed by atoms with Crippen molar-refractivity contribution in [1.82, 2.24) is 0 Å². The number of hydrogen-bond acceptors (Lipinski definition) is 3. The van der Waals surface area contributed by atoms with Gasteiger partial charge in [0.1, 0.15) is 18.2 Å². The molecule has 0 radical (unpaired) electrons. The van der Waals surface area contributed by atoms with Gasteiger partial charge in [-0.1, -0.05) is 22.0 Å². The second kappa shape index (κ2) is 6.31. The number of carbonyl (C=O) groups excluding carboxylic acids is 1. The van der Waals surface area contributed by atoms with E-state index >= 15 is 0 Å². The summed E-state index contributed by atoms with van der Waals surface area (Å²) in [6.45, 7) is -0.0139. The predicted octanol–water partition coefficient (Wildman–Crippen LogP) is 3.85. The first kappa shape index (κ1) is 14.2. The van der Waals surface area contributed by atoms with Gasteiger partial charge >= 0.3 is 0 Å². The maximum atomic E-state index is 13.7. The van der Waals surface area contributed by atoms with Gasteiger partial charge in [0.2, 0.25) is 0 Å². The molecule has 2 aromatic carbocycles. The summed E-state index contributed by atoms with van der Waals surface area (Å²) in [5.74, 6) is -0.124. The van der Waals surface area contributed by atoms with Crippen molar-refractivity contribution >= 4 is 22.2 Å². The first-order chi connectivity index (χ1) is 9.63. The average molecular weight is 334 g/mol. The van der Waals surface area contributed by atoms with Gasteiger partial charge in [-0.05, 0) is 30.3 Å². The number of nitriles is 1. The monoisotopic (exact) mass is 333 g/mol. The molecule has 0 heterocycles. The molecule has 0 aliphatic heterocycles. The molecular formula is C15H9BrFNO2. The summed E-state index contributed by atoms with van der Waals surface area (Å²) >= 11 is 3.26. The second-order valence-electron chi connectivity index (χ2n) is 4.01. The van der Waals surface area contributed by atoms with E-state index in [0.29, 0.717) is 23.2 Å². The third kappa shape index (κ3) is 3.22. The molecule has 0 atom stereocenters. The lowest BCUT2D eigenvalue weighted by atomic mass is 10.1. The molecule has 0 N–H and O–H groups in total. The Bertz CT molecular complexity index is 695. The number of benzene rings is 2. The van der Waals surface area contributed by atoms with E-state index in [0.717, 1.165) is 10.5 Å². The molecule has 0 amide bonds. The van der Waals surface area contributed by atoms with E-state index in [9.17, 15) is 9.18 Å². The Balaban J connectivity index is 2.17. The molecule has 0 unspecified atom stereocenters. The van der Waals surface area contributed by atoms with E-state index < -0.39 is 5.82 Å². The van der Waals surface area contributed by atoms with Crippen LogP contribution in [0.3, 0.4) is 0 Å². The number of hydrogen-bond donors (Lipinski definition) is 0. The van der Waals surface area contributed by atoms with E-state index in [1.54, 1.807) is 18.2 Å². The third-order valence-electron chi connectivity index (χ3n) is 2.66. The van der Waals surface area contributed by atoms with Gasteiger partial charge in [-0.25, -0.2) is 4.39 Å². The number of nitrogens with zero attached hydrogens (tertiary/aromatic N) is 1. The normalized spacial score (nSPS) is 9.85. The van der Waals surface area contributed by atoms with Crippen molar-refractivity contribution in [2.75, 3.05) is 0 Å². The van der Waals surface area contributed by atoms with E-state index in [-0.39, 0.29) is 12.2 Å². The van der Waals surface area contributed by atoms with Crippen LogP contribution in [0.2, 0.25) is 0 Å². The molecule has 0 aliphatic carbocycles. The number of aldehydes is 1. The standard InChI is InChI=1S/C15H9BrFNO2/c16-13-3-4-15(12(6-13)8-19)20-9-11-2-1-10(7-18)5-14(11)17/h1-6,8H,9H2. The van der Waals surface area contributed by atoms with E-state index in [1.165, 1.54) is 12.1 Å². The molecule has 100 valence electrons. The quantitative estimate of drug-likeness (QED) is 0.798. The first-order valence-electron chi connectivity index (χ1n) is 5.70. The van der Waals surface area contributed by atoms with Gasteiger partial charge in [0.15, 0.2) is 6.29 Å². The number of rotatable bonds is 4. The Hall–Kier alpha value is -2.19. The predicted molar refractivity (Wildman–Crippen MR) is 75.0 cm³/mol. The molecule has 0 fully saturated rings. The highest BCUT2D eigenvalue weighted by atomic mass is 79.9. The second-order valence-corrected chi connectivity index (χ2v) is 4.92. The van der Waals surface area contributed by atoms with Crippen LogP contribution < -0.4 is 4.74 Å². The van der Waals surface area contributed by atoms with Crippen molar-refractivity contribution in [3.63, 3.8) is 0 Å². The summed E-state index contributed by atoms with van der Waals surface area (Å²) in [4.78, 5) is 10.9. The summed E-state index contributed by atoms with van der Waals surface area (Å²) in [7, 11) is 0. The highest BCUT2D eigenvalue weighted by Gasteiger charge is 2.07. The molecule has 0 saturated heterocycles. The lowest BCUT2D eigenvalue weighted by molar-refractivity contribution is 0.111. The lowest BCUT2D eigenvalue weighted by Crippen LogP contribution is -2.01. The van der Waals surface area contributed by atoms with Gasteiger partial charge in [-0.15, -0.1) is 0 Å². The molecule has 5 heteroatoms. The van der Waals surface area contributed by atoms with Crippen LogP contribution in [0.5, 0.6) is 5.75 Å². The van der Waals surface area contributed by atoms with Gasteiger partial charge in [-0.3, -0.25) is 4.79 Å². The van der Waals surface area contributed by atoms with Crippen LogP contribution in [0, 0.1) is 17.1 Å².